The first-order valence-corrected chi connectivity index (χ1v) is 8.64. The monoisotopic (exact) mass is 306 g/mol. The minimum atomic E-state index is 0.258. The molecule has 106 valence electrons. The summed E-state index contributed by atoms with van der Waals surface area (Å²) in [6, 6.07) is 4.15. The molecule has 0 radical (unpaired) electrons. The normalized spacial score (nSPS) is 19.2. The van der Waals surface area contributed by atoms with Crippen molar-refractivity contribution in [1.82, 2.24) is 9.88 Å². The van der Waals surface area contributed by atoms with E-state index in [1.54, 1.807) is 22.7 Å². The maximum Gasteiger partial charge on any atom is 0.227 e. The number of nitrogens with zero attached hydrogens (tertiary/aromatic N) is 2. The van der Waals surface area contributed by atoms with Crippen molar-refractivity contribution in [3.63, 3.8) is 0 Å². The molecule has 0 saturated carbocycles. The predicted octanol–water partition coefficient (Wildman–Crippen LogP) is 3.46. The maximum absolute atomic E-state index is 12.4. The lowest BCUT2D eigenvalue weighted by atomic mass is 9.98. The molecule has 1 atom stereocenters. The summed E-state index contributed by atoms with van der Waals surface area (Å²) in [5, 5.41) is 3.19. The van der Waals surface area contributed by atoms with Gasteiger partial charge in [-0.15, -0.1) is 22.7 Å². The molecule has 2 aromatic heterocycles. The molecule has 3 nitrogen and oxygen atoms in total. The molecule has 0 spiro atoms. The van der Waals surface area contributed by atoms with E-state index >= 15 is 0 Å². The van der Waals surface area contributed by atoms with Crippen LogP contribution in [0, 0.1) is 6.92 Å². The summed E-state index contributed by atoms with van der Waals surface area (Å²) in [5.41, 5.74) is 0. The van der Waals surface area contributed by atoms with Gasteiger partial charge in [0.2, 0.25) is 5.91 Å². The molecule has 3 heterocycles. The van der Waals surface area contributed by atoms with Crippen LogP contribution in [-0.2, 0) is 11.2 Å². The number of thiazole rings is 1. The third-order valence-corrected chi connectivity index (χ3v) is 5.63. The number of rotatable bonds is 3. The molecule has 1 aliphatic heterocycles. The third-order valence-electron chi connectivity index (χ3n) is 3.70. The molecule has 1 amide bonds. The fourth-order valence-electron chi connectivity index (χ4n) is 2.68. The number of hydrogen-bond acceptors (Lipinski definition) is 4. The van der Waals surface area contributed by atoms with Gasteiger partial charge in [0.15, 0.2) is 0 Å². The van der Waals surface area contributed by atoms with Crippen molar-refractivity contribution in [2.45, 2.75) is 32.1 Å². The van der Waals surface area contributed by atoms with Crippen molar-refractivity contribution in [1.29, 1.82) is 0 Å². The number of aryl methyl sites for hydroxylation is 1. The minimum Gasteiger partial charge on any atom is -0.342 e. The van der Waals surface area contributed by atoms with E-state index in [-0.39, 0.29) is 5.91 Å². The molecule has 5 heteroatoms. The lowest BCUT2D eigenvalue weighted by molar-refractivity contribution is -0.131. The number of carbonyl (C=O) groups is 1. The van der Waals surface area contributed by atoms with Crippen molar-refractivity contribution >= 4 is 28.6 Å². The molecule has 0 unspecified atom stereocenters. The molecule has 1 aliphatic rings. The average Bonchev–Trinajstić information content (AvgIpc) is 3.11. The van der Waals surface area contributed by atoms with Crippen molar-refractivity contribution < 1.29 is 4.79 Å². The highest BCUT2D eigenvalue weighted by atomic mass is 32.1. The second-order valence-electron chi connectivity index (χ2n) is 5.24. The third kappa shape index (κ3) is 3.10. The highest BCUT2D eigenvalue weighted by Crippen LogP contribution is 2.28. The van der Waals surface area contributed by atoms with Crippen LogP contribution in [0.2, 0.25) is 0 Å². The quantitative estimate of drug-likeness (QED) is 0.870. The molecule has 2 aromatic rings. The molecule has 0 aromatic carbocycles. The molecular formula is C15H18N2OS2. The smallest absolute Gasteiger partial charge is 0.227 e. The first-order chi connectivity index (χ1) is 9.72. The van der Waals surface area contributed by atoms with Crippen LogP contribution in [0.1, 0.15) is 33.5 Å². The van der Waals surface area contributed by atoms with E-state index < -0.39 is 0 Å². The number of piperidine rings is 1. The summed E-state index contributed by atoms with van der Waals surface area (Å²) in [6.45, 7) is 3.81. The Morgan fingerprint density at radius 2 is 2.40 bits per heavy atom. The number of amides is 1. The Kier molecular flexibility index (Phi) is 4.17. The zero-order valence-electron chi connectivity index (χ0n) is 11.5. The second-order valence-corrected chi connectivity index (χ2v) is 7.54. The van der Waals surface area contributed by atoms with Crippen LogP contribution >= 0.6 is 22.7 Å². The summed E-state index contributed by atoms with van der Waals surface area (Å²) < 4.78 is 0. The van der Waals surface area contributed by atoms with Gasteiger partial charge in [-0.2, -0.15) is 0 Å². The Balaban J connectivity index is 1.63. The zero-order valence-corrected chi connectivity index (χ0v) is 13.2. The molecule has 0 bridgehead atoms. The number of aromatic nitrogens is 1. The zero-order chi connectivity index (χ0) is 13.9. The maximum atomic E-state index is 12.4. The van der Waals surface area contributed by atoms with Crippen LogP contribution in [-0.4, -0.2) is 28.9 Å². The largest absolute Gasteiger partial charge is 0.342 e. The lowest BCUT2D eigenvalue weighted by Crippen LogP contribution is -2.39. The molecule has 3 rings (SSSR count). The number of carbonyl (C=O) groups excluding carboxylic acids is 1. The predicted molar refractivity (Wildman–Crippen MR) is 83.4 cm³/mol. The van der Waals surface area contributed by atoms with E-state index in [2.05, 4.69) is 24.0 Å². The Morgan fingerprint density at radius 1 is 1.50 bits per heavy atom. The van der Waals surface area contributed by atoms with E-state index in [4.69, 9.17) is 0 Å². The average molecular weight is 306 g/mol. The fourth-order valence-corrected chi connectivity index (χ4v) is 4.33. The number of hydrogen-bond donors (Lipinski definition) is 0. The van der Waals surface area contributed by atoms with Gasteiger partial charge in [-0.05, 0) is 31.9 Å². The van der Waals surface area contributed by atoms with Crippen LogP contribution in [0.5, 0.6) is 0 Å². The first-order valence-electron chi connectivity index (χ1n) is 6.95. The molecule has 20 heavy (non-hydrogen) atoms. The summed E-state index contributed by atoms with van der Waals surface area (Å²) in [5.74, 6) is 0.686. The van der Waals surface area contributed by atoms with E-state index in [9.17, 15) is 4.79 Å². The summed E-state index contributed by atoms with van der Waals surface area (Å²) in [4.78, 5) is 21.3. The van der Waals surface area contributed by atoms with Crippen LogP contribution in [0.4, 0.5) is 0 Å². The van der Waals surface area contributed by atoms with Crippen LogP contribution in [0.25, 0.3) is 0 Å². The van der Waals surface area contributed by atoms with E-state index in [0.29, 0.717) is 12.3 Å². The van der Waals surface area contributed by atoms with E-state index in [1.807, 2.05) is 16.5 Å². The van der Waals surface area contributed by atoms with Crippen molar-refractivity contribution in [3.05, 3.63) is 38.5 Å². The Morgan fingerprint density at radius 3 is 3.10 bits per heavy atom. The van der Waals surface area contributed by atoms with Crippen molar-refractivity contribution in [2.75, 3.05) is 13.1 Å². The van der Waals surface area contributed by atoms with E-state index in [0.717, 1.165) is 25.9 Å². The van der Waals surface area contributed by atoms with E-state index in [1.165, 1.54) is 14.8 Å². The summed E-state index contributed by atoms with van der Waals surface area (Å²) >= 11 is 3.42. The van der Waals surface area contributed by atoms with Gasteiger partial charge < -0.3 is 4.90 Å². The SMILES string of the molecule is Cc1ccc(CC(=O)N2CCC[C@@H](c3nccs3)C2)s1. The van der Waals surface area contributed by atoms with Gasteiger partial charge >= 0.3 is 0 Å². The Labute approximate surface area is 127 Å². The van der Waals surface area contributed by atoms with Gasteiger partial charge in [0, 0.05) is 40.3 Å². The van der Waals surface area contributed by atoms with Gasteiger partial charge in [-0.25, -0.2) is 4.98 Å². The highest BCUT2D eigenvalue weighted by Gasteiger charge is 2.26. The van der Waals surface area contributed by atoms with Gasteiger partial charge in [-0.3, -0.25) is 4.79 Å². The van der Waals surface area contributed by atoms with Crippen LogP contribution < -0.4 is 0 Å². The first kappa shape index (κ1) is 13.8. The Hall–Kier alpha value is -1.20. The standard InChI is InChI=1S/C15H18N2OS2/c1-11-4-5-13(20-11)9-14(18)17-7-2-3-12(10-17)15-16-6-8-19-15/h4-6,8,12H,2-3,7,9-10H2,1H3/t12-/m1/s1. The molecule has 1 fully saturated rings. The van der Waals surface area contributed by atoms with Crippen molar-refractivity contribution in [3.8, 4) is 0 Å². The summed E-state index contributed by atoms with van der Waals surface area (Å²) in [7, 11) is 0. The molecular weight excluding hydrogens is 288 g/mol. The van der Waals surface area contributed by atoms with Crippen LogP contribution in [0.3, 0.4) is 0 Å². The number of thiophene rings is 1. The van der Waals surface area contributed by atoms with Crippen molar-refractivity contribution in [2.24, 2.45) is 0 Å². The second kappa shape index (κ2) is 6.06. The van der Waals surface area contributed by atoms with Crippen LogP contribution in [0.15, 0.2) is 23.7 Å². The molecule has 1 saturated heterocycles. The summed E-state index contributed by atoms with van der Waals surface area (Å²) in [6.07, 6.45) is 4.63. The Bertz CT molecular complexity index is 576. The van der Waals surface area contributed by atoms with Gasteiger partial charge in [-0.1, -0.05) is 0 Å². The highest BCUT2D eigenvalue weighted by molar-refractivity contribution is 7.12. The molecule has 0 N–H and O–H groups in total. The lowest BCUT2D eigenvalue weighted by Gasteiger charge is -2.31. The van der Waals surface area contributed by atoms with Gasteiger partial charge in [0.25, 0.3) is 0 Å². The van der Waals surface area contributed by atoms with Gasteiger partial charge in [0.05, 0.1) is 11.4 Å². The van der Waals surface area contributed by atoms with Gasteiger partial charge in [0.1, 0.15) is 0 Å². The number of likely N-dealkylation sites (tertiary alicyclic amines) is 1. The molecule has 0 aliphatic carbocycles. The topological polar surface area (TPSA) is 33.2 Å². The fraction of sp³-hybridized carbons (Fsp3) is 0.467. The minimum absolute atomic E-state index is 0.258.